The second-order valence-corrected chi connectivity index (χ2v) is 7.11. The van der Waals surface area contributed by atoms with E-state index < -0.39 is 5.92 Å². The Morgan fingerprint density at radius 3 is 2.65 bits per heavy atom. The summed E-state index contributed by atoms with van der Waals surface area (Å²) < 4.78 is 32.7. The number of morpholine rings is 1. The van der Waals surface area contributed by atoms with Crippen molar-refractivity contribution in [2.24, 2.45) is 0 Å². The lowest BCUT2D eigenvalue weighted by Crippen LogP contribution is -2.57. The number of rotatable bonds is 2. The van der Waals surface area contributed by atoms with Crippen molar-refractivity contribution in [3.63, 3.8) is 0 Å². The van der Waals surface area contributed by atoms with Crippen LogP contribution < -0.4 is 9.80 Å². The quantitative estimate of drug-likeness (QED) is 0.825. The largest absolute Gasteiger partial charge is 0.371 e. The van der Waals surface area contributed by atoms with Gasteiger partial charge in [-0.2, -0.15) is 0 Å². The Morgan fingerprint density at radius 2 is 2.00 bits per heavy atom. The third kappa shape index (κ3) is 2.85. The number of hydrogen-bond donors (Lipinski definition) is 0. The van der Waals surface area contributed by atoms with Crippen LogP contribution in [0.2, 0.25) is 5.15 Å². The molecule has 0 spiro atoms. The molecule has 126 valence electrons. The van der Waals surface area contributed by atoms with Crippen molar-refractivity contribution in [3.05, 3.63) is 11.2 Å². The molecule has 23 heavy (non-hydrogen) atoms. The first-order chi connectivity index (χ1) is 10.9. The van der Waals surface area contributed by atoms with E-state index in [1.54, 1.807) is 6.92 Å². The molecule has 0 N–H and O–H groups in total. The van der Waals surface area contributed by atoms with E-state index in [1.807, 2.05) is 11.0 Å². The van der Waals surface area contributed by atoms with Crippen molar-refractivity contribution in [2.45, 2.75) is 50.4 Å². The predicted octanol–water partition coefficient (Wildman–Crippen LogP) is 2.73. The molecule has 0 radical (unpaired) electrons. The van der Waals surface area contributed by atoms with Gasteiger partial charge in [0, 0.05) is 51.0 Å². The maximum absolute atomic E-state index is 13.6. The van der Waals surface area contributed by atoms with Gasteiger partial charge >= 0.3 is 0 Å². The van der Waals surface area contributed by atoms with Crippen LogP contribution >= 0.6 is 11.6 Å². The number of halogens is 3. The van der Waals surface area contributed by atoms with E-state index in [0.717, 1.165) is 25.3 Å². The van der Waals surface area contributed by atoms with Crippen LogP contribution in [0.5, 0.6) is 0 Å². The molecular formula is C15H19ClF2N4O. The fraction of sp³-hybridized carbons (Fsp3) is 0.733. The Hall–Kier alpha value is -1.21. The van der Waals surface area contributed by atoms with Crippen molar-refractivity contribution in [1.82, 2.24) is 10.2 Å². The first-order valence-electron chi connectivity index (χ1n) is 7.99. The molecule has 0 aliphatic carbocycles. The molecule has 5 heterocycles. The van der Waals surface area contributed by atoms with E-state index in [0.29, 0.717) is 5.69 Å². The Morgan fingerprint density at radius 1 is 1.30 bits per heavy atom. The first kappa shape index (κ1) is 15.3. The summed E-state index contributed by atoms with van der Waals surface area (Å²) in [4.78, 5) is 4.05. The Labute approximate surface area is 138 Å². The molecule has 4 aliphatic rings. The summed E-state index contributed by atoms with van der Waals surface area (Å²) in [5.41, 5.74) is 0.694. The fourth-order valence-corrected chi connectivity index (χ4v) is 3.96. The third-order valence-electron chi connectivity index (χ3n) is 4.95. The van der Waals surface area contributed by atoms with Crippen molar-refractivity contribution in [1.29, 1.82) is 0 Å². The summed E-state index contributed by atoms with van der Waals surface area (Å²) in [5, 5.41) is 8.49. The lowest BCUT2D eigenvalue weighted by atomic mass is 9.98. The number of hydrogen-bond acceptors (Lipinski definition) is 5. The van der Waals surface area contributed by atoms with E-state index in [9.17, 15) is 8.78 Å². The lowest BCUT2D eigenvalue weighted by Gasteiger charge is -2.47. The molecule has 1 aromatic rings. The average molecular weight is 345 g/mol. The van der Waals surface area contributed by atoms with E-state index in [-0.39, 0.29) is 42.8 Å². The molecule has 5 nitrogen and oxygen atoms in total. The second-order valence-electron chi connectivity index (χ2n) is 6.75. The topological polar surface area (TPSA) is 41.5 Å². The molecule has 4 aliphatic heterocycles. The standard InChI is InChI=1S/C15H19ClF2N4O/c1-9-6-15(17,18)2-3-22(9)12-5-13(19-20-14(12)16)21-7-10-4-11(8-21)23-10/h5,9-11H,2-4,6-8H2,1H3. The van der Waals surface area contributed by atoms with Gasteiger partial charge in [0.15, 0.2) is 11.0 Å². The fourth-order valence-electron chi connectivity index (χ4n) is 3.76. The highest BCUT2D eigenvalue weighted by molar-refractivity contribution is 6.32. The number of alkyl halides is 2. The molecule has 0 saturated carbocycles. The van der Waals surface area contributed by atoms with Gasteiger partial charge in [-0.3, -0.25) is 0 Å². The number of ether oxygens (including phenoxy) is 1. The SMILES string of the molecule is CC1CC(F)(F)CCN1c1cc(N2CC3CC(C2)O3)nnc1Cl. The van der Waals surface area contributed by atoms with E-state index in [4.69, 9.17) is 16.3 Å². The summed E-state index contributed by atoms with van der Waals surface area (Å²) in [6.45, 7) is 3.65. The summed E-state index contributed by atoms with van der Waals surface area (Å²) in [6, 6.07) is 1.59. The maximum Gasteiger partial charge on any atom is 0.251 e. The molecule has 1 aromatic heterocycles. The van der Waals surface area contributed by atoms with Gasteiger partial charge in [0.1, 0.15) is 0 Å². The van der Waals surface area contributed by atoms with Gasteiger partial charge in [0.25, 0.3) is 5.92 Å². The second kappa shape index (κ2) is 5.41. The zero-order chi connectivity index (χ0) is 16.2. The molecule has 0 aromatic carbocycles. The van der Waals surface area contributed by atoms with Gasteiger partial charge in [-0.05, 0) is 6.92 Å². The van der Waals surface area contributed by atoms with Crippen molar-refractivity contribution in [2.75, 3.05) is 29.4 Å². The highest BCUT2D eigenvalue weighted by Gasteiger charge is 2.41. The predicted molar refractivity (Wildman–Crippen MR) is 83.5 cm³/mol. The molecule has 2 bridgehead atoms. The molecule has 4 fully saturated rings. The Bertz CT molecular complexity index is 601. The van der Waals surface area contributed by atoms with Crippen molar-refractivity contribution < 1.29 is 13.5 Å². The van der Waals surface area contributed by atoms with E-state index >= 15 is 0 Å². The molecular weight excluding hydrogens is 326 g/mol. The highest BCUT2D eigenvalue weighted by Crippen LogP contribution is 2.38. The van der Waals surface area contributed by atoms with Crippen LogP contribution in [0, 0.1) is 0 Å². The van der Waals surface area contributed by atoms with E-state index in [2.05, 4.69) is 15.1 Å². The molecule has 8 heteroatoms. The molecule has 4 saturated heterocycles. The molecule has 0 amide bonds. The van der Waals surface area contributed by atoms with Gasteiger partial charge in [-0.15, -0.1) is 10.2 Å². The van der Waals surface area contributed by atoms with Crippen LogP contribution in [0.25, 0.3) is 0 Å². The zero-order valence-corrected chi connectivity index (χ0v) is 13.6. The number of aromatic nitrogens is 2. The van der Waals surface area contributed by atoms with Gasteiger partial charge in [-0.1, -0.05) is 11.6 Å². The Kier molecular flexibility index (Phi) is 3.61. The maximum atomic E-state index is 13.6. The summed E-state index contributed by atoms with van der Waals surface area (Å²) in [7, 11) is 0. The minimum atomic E-state index is -2.60. The minimum absolute atomic E-state index is 0.160. The Balaban J connectivity index is 1.57. The molecule has 5 rings (SSSR count). The van der Waals surface area contributed by atoms with Gasteiger partial charge in [0.05, 0.1) is 17.9 Å². The van der Waals surface area contributed by atoms with Crippen LogP contribution in [-0.2, 0) is 4.74 Å². The zero-order valence-electron chi connectivity index (χ0n) is 12.9. The third-order valence-corrected chi connectivity index (χ3v) is 5.22. The number of fused-ring (bicyclic) bond motifs is 2. The summed E-state index contributed by atoms with van der Waals surface area (Å²) >= 11 is 6.20. The summed E-state index contributed by atoms with van der Waals surface area (Å²) in [5.74, 6) is -1.86. The normalized spacial score (nSPS) is 32.6. The van der Waals surface area contributed by atoms with Gasteiger partial charge in [0.2, 0.25) is 0 Å². The van der Waals surface area contributed by atoms with Crippen molar-refractivity contribution in [3.8, 4) is 0 Å². The lowest BCUT2D eigenvalue weighted by molar-refractivity contribution is -0.133. The molecule has 3 atom stereocenters. The van der Waals surface area contributed by atoms with Crippen LogP contribution in [0.1, 0.15) is 26.2 Å². The monoisotopic (exact) mass is 344 g/mol. The average Bonchev–Trinajstić information content (AvgIpc) is 2.47. The number of piperidine rings is 2. The highest BCUT2D eigenvalue weighted by atomic mass is 35.5. The van der Waals surface area contributed by atoms with E-state index in [1.165, 1.54) is 0 Å². The van der Waals surface area contributed by atoms with Gasteiger partial charge < -0.3 is 14.5 Å². The van der Waals surface area contributed by atoms with Crippen molar-refractivity contribution >= 4 is 23.1 Å². The first-order valence-corrected chi connectivity index (χ1v) is 8.37. The molecule has 3 unspecified atom stereocenters. The van der Waals surface area contributed by atoms with Crippen LogP contribution in [-0.4, -0.2) is 54.0 Å². The van der Waals surface area contributed by atoms with Crippen LogP contribution in [0.4, 0.5) is 20.3 Å². The number of anilines is 2. The minimum Gasteiger partial charge on any atom is -0.371 e. The van der Waals surface area contributed by atoms with Gasteiger partial charge in [-0.25, -0.2) is 8.78 Å². The number of nitrogens with zero attached hydrogens (tertiary/aromatic N) is 4. The smallest absolute Gasteiger partial charge is 0.251 e. The van der Waals surface area contributed by atoms with Crippen LogP contribution in [0.3, 0.4) is 0 Å². The van der Waals surface area contributed by atoms with Crippen LogP contribution in [0.15, 0.2) is 6.07 Å². The summed E-state index contributed by atoms with van der Waals surface area (Å²) in [6.07, 6.45) is 1.31.